The number of halogens is 1. The van der Waals surface area contributed by atoms with E-state index < -0.39 is 17.2 Å². The maximum atomic E-state index is 14.2. The maximum Gasteiger partial charge on any atom is 0.282 e. The van der Waals surface area contributed by atoms with Gasteiger partial charge in [0.2, 0.25) is 5.43 Å². The number of rotatable bonds is 2. The fourth-order valence-corrected chi connectivity index (χ4v) is 3.63. The summed E-state index contributed by atoms with van der Waals surface area (Å²) in [5.41, 5.74) is 3.01. The number of carbonyl (C=O) groups is 1. The highest BCUT2D eigenvalue weighted by Gasteiger charge is 2.27. The topological polar surface area (TPSA) is 55.2 Å². The second-order valence-corrected chi connectivity index (χ2v) is 7.05. The van der Waals surface area contributed by atoms with Crippen LogP contribution in [-0.4, -0.2) is 22.2 Å². The molecule has 6 heteroatoms. The fourth-order valence-electron chi connectivity index (χ4n) is 3.63. The number of para-hydroxylation sites is 1. The quantitative estimate of drug-likeness (QED) is 0.686. The number of aromatic nitrogens is 2. The van der Waals surface area contributed by atoms with Crippen molar-refractivity contribution in [3.05, 3.63) is 87.1 Å². The molecule has 0 aliphatic carbocycles. The van der Waals surface area contributed by atoms with Crippen LogP contribution in [0.5, 0.6) is 0 Å². The Kier molecular flexibility index (Phi) is 4.55. The summed E-state index contributed by atoms with van der Waals surface area (Å²) in [6, 6.07) is 13.4. The number of carbonyl (C=O) groups excluding carboxylic acids is 1. The van der Waals surface area contributed by atoms with Crippen LogP contribution in [0.4, 0.5) is 10.1 Å². The third-order valence-electron chi connectivity index (χ3n) is 4.99. The molecule has 0 saturated carbocycles. The molecule has 0 saturated heterocycles. The Labute approximate surface area is 162 Å². The Morgan fingerprint density at radius 1 is 1.07 bits per heavy atom. The number of hydrogen-bond acceptors (Lipinski definition) is 3. The van der Waals surface area contributed by atoms with Crippen molar-refractivity contribution in [2.45, 2.75) is 26.7 Å². The smallest absolute Gasteiger partial charge is 0.282 e. The number of amides is 1. The minimum absolute atomic E-state index is 0.198. The maximum absolute atomic E-state index is 14.2. The number of hydrogen-bond donors (Lipinski definition) is 0. The third kappa shape index (κ3) is 3.11. The first-order valence-electron chi connectivity index (χ1n) is 9.23. The van der Waals surface area contributed by atoms with E-state index in [1.54, 1.807) is 30.0 Å². The summed E-state index contributed by atoms with van der Waals surface area (Å²) < 4.78 is 15.6. The Hall–Kier alpha value is -3.28. The first-order chi connectivity index (χ1) is 13.5. The summed E-state index contributed by atoms with van der Waals surface area (Å²) in [5, 5.41) is 4.24. The molecule has 3 aromatic rings. The molecule has 2 heterocycles. The van der Waals surface area contributed by atoms with Crippen molar-refractivity contribution in [3.8, 4) is 5.69 Å². The summed E-state index contributed by atoms with van der Waals surface area (Å²) in [5.74, 6) is -0.932. The lowest BCUT2D eigenvalue weighted by Crippen LogP contribution is -2.39. The number of aryl methyl sites for hydroxylation is 3. The molecule has 2 aromatic carbocycles. The largest absolute Gasteiger partial charge is 0.307 e. The van der Waals surface area contributed by atoms with E-state index in [1.807, 2.05) is 19.1 Å². The van der Waals surface area contributed by atoms with E-state index in [1.165, 1.54) is 16.8 Å². The molecule has 0 radical (unpaired) electrons. The van der Waals surface area contributed by atoms with E-state index in [9.17, 15) is 14.0 Å². The van der Waals surface area contributed by atoms with Crippen molar-refractivity contribution in [2.24, 2.45) is 0 Å². The van der Waals surface area contributed by atoms with Gasteiger partial charge in [0.1, 0.15) is 11.5 Å². The first-order valence-corrected chi connectivity index (χ1v) is 9.23. The normalized spacial score (nSPS) is 13.3. The Morgan fingerprint density at radius 3 is 2.64 bits per heavy atom. The zero-order chi connectivity index (χ0) is 19.8. The zero-order valence-corrected chi connectivity index (χ0v) is 15.8. The average Bonchev–Trinajstić information content (AvgIpc) is 2.68. The highest BCUT2D eigenvalue weighted by molar-refractivity contribution is 6.05. The standard InChI is InChI=1S/C22H20FN3O2/c1-14-9-10-18-16(12-14)6-5-11-25(18)22(28)21-20(27)13-15(2)26(24-21)19-8-4-3-7-17(19)23/h3-4,7-10,12-13H,5-6,11H2,1-2H3. The van der Waals surface area contributed by atoms with Gasteiger partial charge in [0.25, 0.3) is 5.91 Å². The minimum atomic E-state index is -0.473. The molecule has 0 atom stereocenters. The Balaban J connectivity index is 1.81. The molecular weight excluding hydrogens is 357 g/mol. The summed E-state index contributed by atoms with van der Waals surface area (Å²) >= 11 is 0. The number of anilines is 1. The van der Waals surface area contributed by atoms with Crippen molar-refractivity contribution in [1.82, 2.24) is 9.78 Å². The molecular formula is C22H20FN3O2. The van der Waals surface area contributed by atoms with Crippen LogP contribution in [0, 0.1) is 19.7 Å². The van der Waals surface area contributed by atoms with Crippen molar-refractivity contribution >= 4 is 11.6 Å². The van der Waals surface area contributed by atoms with Crippen LogP contribution in [0.15, 0.2) is 53.3 Å². The van der Waals surface area contributed by atoms with E-state index in [4.69, 9.17) is 0 Å². The van der Waals surface area contributed by atoms with Gasteiger partial charge in [0.15, 0.2) is 5.69 Å². The second-order valence-electron chi connectivity index (χ2n) is 7.05. The van der Waals surface area contributed by atoms with E-state index >= 15 is 0 Å². The van der Waals surface area contributed by atoms with Gasteiger partial charge in [-0.25, -0.2) is 9.07 Å². The first kappa shape index (κ1) is 18.1. The number of fused-ring (bicyclic) bond motifs is 1. The van der Waals surface area contributed by atoms with Gasteiger partial charge in [0.05, 0.1) is 0 Å². The highest BCUT2D eigenvalue weighted by atomic mass is 19.1. The predicted octanol–water partition coefficient (Wildman–Crippen LogP) is 3.58. The van der Waals surface area contributed by atoms with Gasteiger partial charge in [-0.2, -0.15) is 5.10 Å². The molecule has 142 valence electrons. The summed E-state index contributed by atoms with van der Waals surface area (Å²) in [7, 11) is 0. The van der Waals surface area contributed by atoms with Crippen LogP contribution in [0.3, 0.4) is 0 Å². The molecule has 28 heavy (non-hydrogen) atoms. The molecule has 1 aliphatic heterocycles. The van der Waals surface area contributed by atoms with Crippen molar-refractivity contribution in [1.29, 1.82) is 0 Å². The van der Waals surface area contributed by atoms with E-state index in [-0.39, 0.29) is 11.4 Å². The molecule has 0 fully saturated rings. The second kappa shape index (κ2) is 7.03. The summed E-state index contributed by atoms with van der Waals surface area (Å²) in [6.45, 7) is 4.19. The van der Waals surface area contributed by atoms with Crippen molar-refractivity contribution < 1.29 is 9.18 Å². The SMILES string of the molecule is Cc1ccc2c(c1)CCCN2C(=O)c1nn(-c2ccccc2F)c(C)cc1=O. The van der Waals surface area contributed by atoms with Gasteiger partial charge in [-0.15, -0.1) is 0 Å². The van der Waals surface area contributed by atoms with E-state index in [0.29, 0.717) is 12.2 Å². The zero-order valence-electron chi connectivity index (χ0n) is 15.8. The predicted molar refractivity (Wildman–Crippen MR) is 106 cm³/mol. The van der Waals surface area contributed by atoms with Crippen LogP contribution in [0.2, 0.25) is 0 Å². The lowest BCUT2D eigenvalue weighted by molar-refractivity contribution is 0.0977. The van der Waals surface area contributed by atoms with Crippen LogP contribution in [0.25, 0.3) is 5.69 Å². The summed E-state index contributed by atoms with van der Waals surface area (Å²) in [4.78, 5) is 27.3. The number of nitrogens with zero attached hydrogens (tertiary/aromatic N) is 3. The molecule has 4 rings (SSSR count). The molecule has 1 aromatic heterocycles. The van der Waals surface area contributed by atoms with Gasteiger partial charge in [-0.3, -0.25) is 9.59 Å². The third-order valence-corrected chi connectivity index (χ3v) is 4.99. The van der Waals surface area contributed by atoms with E-state index in [2.05, 4.69) is 11.2 Å². The Morgan fingerprint density at radius 2 is 1.86 bits per heavy atom. The van der Waals surface area contributed by atoms with Crippen LogP contribution in [-0.2, 0) is 6.42 Å². The van der Waals surface area contributed by atoms with Gasteiger partial charge >= 0.3 is 0 Å². The lowest BCUT2D eigenvalue weighted by Gasteiger charge is -2.29. The molecule has 0 unspecified atom stereocenters. The van der Waals surface area contributed by atoms with Gasteiger partial charge in [0, 0.05) is 24.0 Å². The van der Waals surface area contributed by atoms with Gasteiger partial charge in [-0.05, 0) is 50.5 Å². The van der Waals surface area contributed by atoms with Gasteiger partial charge in [-0.1, -0.05) is 29.8 Å². The lowest BCUT2D eigenvalue weighted by atomic mass is 9.99. The molecule has 1 amide bonds. The minimum Gasteiger partial charge on any atom is -0.307 e. The summed E-state index contributed by atoms with van der Waals surface area (Å²) in [6.07, 6.45) is 1.71. The molecule has 0 spiro atoms. The van der Waals surface area contributed by atoms with Crippen molar-refractivity contribution in [2.75, 3.05) is 11.4 Å². The molecule has 0 N–H and O–H groups in total. The van der Waals surface area contributed by atoms with Crippen LogP contribution < -0.4 is 10.3 Å². The van der Waals surface area contributed by atoms with E-state index in [0.717, 1.165) is 29.7 Å². The average molecular weight is 377 g/mol. The highest BCUT2D eigenvalue weighted by Crippen LogP contribution is 2.28. The molecule has 1 aliphatic rings. The molecule has 0 bridgehead atoms. The van der Waals surface area contributed by atoms with Crippen LogP contribution in [0.1, 0.15) is 33.7 Å². The molecule has 5 nitrogen and oxygen atoms in total. The fraction of sp³-hybridized carbons (Fsp3) is 0.227. The Bertz CT molecular complexity index is 1140. The monoisotopic (exact) mass is 377 g/mol. The van der Waals surface area contributed by atoms with Gasteiger partial charge < -0.3 is 4.90 Å². The van der Waals surface area contributed by atoms with Crippen molar-refractivity contribution in [3.63, 3.8) is 0 Å². The number of benzene rings is 2. The van der Waals surface area contributed by atoms with Crippen LogP contribution >= 0.6 is 0 Å².